The molecule has 1 aromatic carbocycles. The summed E-state index contributed by atoms with van der Waals surface area (Å²) in [5.41, 5.74) is 0.198. The molecule has 0 aliphatic heterocycles. The van der Waals surface area contributed by atoms with Gasteiger partial charge in [0, 0.05) is 20.2 Å². The molecule has 0 radical (unpaired) electrons. The van der Waals surface area contributed by atoms with Crippen LogP contribution >= 0.6 is 12.2 Å². The number of rotatable bonds is 2. The van der Waals surface area contributed by atoms with Crippen molar-refractivity contribution < 1.29 is 19.4 Å². The summed E-state index contributed by atoms with van der Waals surface area (Å²) in [6.07, 6.45) is 0. The van der Waals surface area contributed by atoms with Gasteiger partial charge in [0.25, 0.3) is 5.17 Å². The summed E-state index contributed by atoms with van der Waals surface area (Å²) in [7, 11) is 4.72. The predicted molar refractivity (Wildman–Crippen MR) is 66.4 cm³/mol. The molecule has 0 aliphatic carbocycles. The normalized spacial score (nSPS) is 9.59. The Morgan fingerprint density at radius 3 is 2.53 bits per heavy atom. The van der Waals surface area contributed by atoms with Gasteiger partial charge >= 0.3 is 5.97 Å². The van der Waals surface area contributed by atoms with Crippen molar-refractivity contribution in [1.82, 2.24) is 4.90 Å². The molecule has 0 atom stereocenters. The average Bonchev–Trinajstić information content (AvgIpc) is 2.26. The van der Waals surface area contributed by atoms with Gasteiger partial charge in [-0.05, 0) is 24.4 Å². The van der Waals surface area contributed by atoms with Crippen molar-refractivity contribution in [3.63, 3.8) is 0 Å². The van der Waals surface area contributed by atoms with E-state index in [1.165, 1.54) is 25.3 Å². The van der Waals surface area contributed by atoms with Crippen LogP contribution in [0.25, 0.3) is 0 Å². The molecule has 1 rings (SSSR count). The summed E-state index contributed by atoms with van der Waals surface area (Å²) in [4.78, 5) is 12.9. The van der Waals surface area contributed by atoms with E-state index in [0.717, 1.165) is 0 Å². The van der Waals surface area contributed by atoms with Crippen LogP contribution in [0.5, 0.6) is 11.5 Å². The van der Waals surface area contributed by atoms with Crippen molar-refractivity contribution in [2.75, 3.05) is 21.2 Å². The molecule has 1 N–H and O–H groups in total. The lowest BCUT2D eigenvalue weighted by molar-refractivity contribution is 0.0600. The largest absolute Gasteiger partial charge is 0.508 e. The monoisotopic (exact) mass is 255 g/mol. The van der Waals surface area contributed by atoms with Crippen LogP contribution in [-0.2, 0) is 4.74 Å². The first kappa shape index (κ1) is 13.2. The summed E-state index contributed by atoms with van der Waals surface area (Å²) in [5.74, 6) is -0.366. The maximum absolute atomic E-state index is 11.3. The van der Waals surface area contributed by atoms with E-state index in [-0.39, 0.29) is 22.2 Å². The van der Waals surface area contributed by atoms with Gasteiger partial charge in [-0.15, -0.1) is 0 Å². The van der Waals surface area contributed by atoms with Gasteiger partial charge in [-0.3, -0.25) is 0 Å². The molecular formula is C11H13NO4S. The number of phenolic OH excluding ortho intramolecular Hbond substituents is 1. The second-order valence-electron chi connectivity index (χ2n) is 3.47. The third-order valence-corrected chi connectivity index (χ3v) is 2.33. The molecule has 0 amide bonds. The maximum atomic E-state index is 11.3. The van der Waals surface area contributed by atoms with Gasteiger partial charge in [0.2, 0.25) is 0 Å². The summed E-state index contributed by atoms with van der Waals surface area (Å²) in [6, 6.07) is 4.10. The topological polar surface area (TPSA) is 59.0 Å². The minimum atomic E-state index is -0.554. The second-order valence-corrected chi connectivity index (χ2v) is 3.82. The highest BCUT2D eigenvalue weighted by atomic mass is 32.1. The molecule has 0 fully saturated rings. The van der Waals surface area contributed by atoms with Gasteiger partial charge in [0.1, 0.15) is 11.5 Å². The molecular weight excluding hydrogens is 242 g/mol. The standard InChI is InChI=1S/C11H13NO4S/c1-12(2)11(17)16-9-5-7(10(14)15-3)4-8(13)6-9/h4-6,13H,1-3H3. The molecule has 0 bridgehead atoms. The van der Waals surface area contributed by atoms with Gasteiger partial charge in [-0.1, -0.05) is 0 Å². The van der Waals surface area contributed by atoms with Crippen molar-refractivity contribution in [2.24, 2.45) is 0 Å². The first-order valence-electron chi connectivity index (χ1n) is 4.75. The van der Waals surface area contributed by atoms with Crippen LogP contribution in [0.1, 0.15) is 10.4 Å². The predicted octanol–water partition coefficient (Wildman–Crippen LogP) is 1.40. The molecule has 0 aliphatic rings. The molecule has 1 aromatic rings. The van der Waals surface area contributed by atoms with Crippen molar-refractivity contribution in [3.05, 3.63) is 23.8 Å². The number of hydrogen-bond donors (Lipinski definition) is 1. The first-order valence-corrected chi connectivity index (χ1v) is 5.16. The van der Waals surface area contributed by atoms with E-state index < -0.39 is 5.97 Å². The number of esters is 1. The van der Waals surface area contributed by atoms with E-state index in [4.69, 9.17) is 17.0 Å². The lowest BCUT2D eigenvalue weighted by atomic mass is 10.2. The number of nitrogens with zero attached hydrogens (tertiary/aromatic N) is 1. The summed E-state index contributed by atoms with van der Waals surface area (Å²) < 4.78 is 9.83. The van der Waals surface area contributed by atoms with Crippen LogP contribution in [0.4, 0.5) is 0 Å². The van der Waals surface area contributed by atoms with E-state index in [1.54, 1.807) is 19.0 Å². The molecule has 6 heteroatoms. The van der Waals surface area contributed by atoms with Gasteiger partial charge in [-0.25, -0.2) is 4.79 Å². The Labute approximate surface area is 105 Å². The fourth-order valence-corrected chi connectivity index (χ4v) is 1.17. The van der Waals surface area contributed by atoms with Crippen molar-refractivity contribution in [1.29, 1.82) is 0 Å². The Hall–Kier alpha value is -1.82. The van der Waals surface area contributed by atoms with Gasteiger partial charge < -0.3 is 19.5 Å². The van der Waals surface area contributed by atoms with Crippen LogP contribution in [0.3, 0.4) is 0 Å². The highest BCUT2D eigenvalue weighted by Gasteiger charge is 2.11. The minimum Gasteiger partial charge on any atom is -0.508 e. The number of ether oxygens (including phenoxy) is 2. The second kappa shape index (κ2) is 5.49. The lowest BCUT2D eigenvalue weighted by Crippen LogP contribution is -2.25. The number of benzene rings is 1. The maximum Gasteiger partial charge on any atom is 0.338 e. The third-order valence-electron chi connectivity index (χ3n) is 1.88. The SMILES string of the molecule is COC(=O)c1cc(O)cc(OC(=S)N(C)C)c1. The molecule has 17 heavy (non-hydrogen) atoms. The Bertz CT molecular complexity index is 445. The molecule has 0 saturated carbocycles. The molecule has 0 heterocycles. The van der Waals surface area contributed by atoms with Crippen LogP contribution < -0.4 is 4.74 Å². The number of carbonyl (C=O) groups excluding carboxylic acids is 1. The van der Waals surface area contributed by atoms with Crippen molar-refractivity contribution in [3.8, 4) is 11.5 Å². The van der Waals surface area contributed by atoms with E-state index in [9.17, 15) is 9.90 Å². The molecule has 0 saturated heterocycles. The first-order chi connectivity index (χ1) is 7.93. The van der Waals surface area contributed by atoms with Crippen molar-refractivity contribution in [2.45, 2.75) is 0 Å². The Balaban J connectivity index is 2.97. The molecule has 0 unspecified atom stereocenters. The summed E-state index contributed by atoms with van der Waals surface area (Å²) in [5, 5.41) is 9.67. The van der Waals surface area contributed by atoms with E-state index >= 15 is 0 Å². The number of phenols is 1. The zero-order valence-corrected chi connectivity index (χ0v) is 10.6. The van der Waals surface area contributed by atoms with Crippen molar-refractivity contribution >= 4 is 23.4 Å². The van der Waals surface area contributed by atoms with Crippen LogP contribution in [0.2, 0.25) is 0 Å². The summed E-state index contributed by atoms with van der Waals surface area (Å²) in [6.45, 7) is 0. The average molecular weight is 255 g/mol. The number of carbonyl (C=O) groups is 1. The zero-order chi connectivity index (χ0) is 13.0. The lowest BCUT2D eigenvalue weighted by Gasteiger charge is -2.14. The van der Waals surface area contributed by atoms with Crippen LogP contribution in [0, 0.1) is 0 Å². The van der Waals surface area contributed by atoms with Crippen LogP contribution in [-0.4, -0.2) is 42.4 Å². The van der Waals surface area contributed by atoms with E-state index in [2.05, 4.69) is 4.74 Å². The van der Waals surface area contributed by atoms with Crippen LogP contribution in [0.15, 0.2) is 18.2 Å². The molecule has 0 spiro atoms. The third kappa shape index (κ3) is 3.60. The van der Waals surface area contributed by atoms with E-state index in [1.807, 2.05) is 0 Å². The van der Waals surface area contributed by atoms with Gasteiger partial charge in [0.15, 0.2) is 0 Å². The Morgan fingerprint density at radius 2 is 2.00 bits per heavy atom. The number of methoxy groups -OCH3 is 1. The highest BCUT2D eigenvalue weighted by Crippen LogP contribution is 2.22. The minimum absolute atomic E-state index is 0.0931. The molecule has 5 nitrogen and oxygen atoms in total. The fraction of sp³-hybridized carbons (Fsp3) is 0.273. The fourth-order valence-electron chi connectivity index (χ4n) is 1.07. The Kier molecular flexibility index (Phi) is 4.28. The number of aromatic hydroxyl groups is 1. The number of thiocarbonyl (C=S) groups is 1. The molecule has 92 valence electrons. The van der Waals surface area contributed by atoms with Gasteiger partial charge in [0.05, 0.1) is 12.7 Å². The summed E-state index contributed by atoms with van der Waals surface area (Å²) >= 11 is 4.95. The zero-order valence-electron chi connectivity index (χ0n) is 9.76. The Morgan fingerprint density at radius 1 is 1.35 bits per heavy atom. The smallest absolute Gasteiger partial charge is 0.338 e. The van der Waals surface area contributed by atoms with Gasteiger partial charge in [-0.2, -0.15) is 0 Å². The quantitative estimate of drug-likeness (QED) is 0.637. The number of hydrogen-bond acceptors (Lipinski definition) is 5. The molecule has 0 aromatic heterocycles. The van der Waals surface area contributed by atoms with E-state index in [0.29, 0.717) is 0 Å². The highest BCUT2D eigenvalue weighted by molar-refractivity contribution is 7.80.